The molecular formula is C12H23BrN2O2. The molecule has 1 fully saturated rings. The zero-order valence-corrected chi connectivity index (χ0v) is 12.8. The van der Waals surface area contributed by atoms with E-state index >= 15 is 0 Å². The van der Waals surface area contributed by atoms with Crippen LogP contribution in [0.2, 0.25) is 0 Å². The van der Waals surface area contributed by atoms with Gasteiger partial charge in [0.2, 0.25) is 0 Å². The van der Waals surface area contributed by atoms with E-state index in [4.69, 9.17) is 4.74 Å². The molecule has 17 heavy (non-hydrogen) atoms. The lowest BCUT2D eigenvalue weighted by Crippen LogP contribution is -2.50. The fourth-order valence-electron chi connectivity index (χ4n) is 1.80. The Labute approximate surface area is 112 Å². The van der Waals surface area contributed by atoms with Crippen molar-refractivity contribution in [3.63, 3.8) is 0 Å². The van der Waals surface area contributed by atoms with Gasteiger partial charge in [0.05, 0.1) is 0 Å². The Morgan fingerprint density at radius 3 is 2.24 bits per heavy atom. The Morgan fingerprint density at radius 1 is 1.29 bits per heavy atom. The molecule has 5 heteroatoms. The van der Waals surface area contributed by atoms with Crippen LogP contribution in [0.3, 0.4) is 0 Å². The molecule has 1 aliphatic rings. The Morgan fingerprint density at radius 2 is 1.82 bits per heavy atom. The first kappa shape index (κ1) is 14.8. The number of halogens is 1. The van der Waals surface area contributed by atoms with Gasteiger partial charge in [-0.05, 0) is 20.8 Å². The van der Waals surface area contributed by atoms with E-state index in [-0.39, 0.29) is 6.09 Å². The zero-order chi connectivity index (χ0) is 13.1. The quantitative estimate of drug-likeness (QED) is 0.734. The molecule has 0 saturated carbocycles. The van der Waals surface area contributed by atoms with E-state index in [1.807, 2.05) is 20.8 Å². The third kappa shape index (κ3) is 5.73. The molecule has 0 aromatic carbocycles. The predicted molar refractivity (Wildman–Crippen MR) is 72.6 cm³/mol. The molecule has 1 rings (SSSR count). The molecule has 0 unspecified atom stereocenters. The second-order valence-electron chi connectivity index (χ2n) is 5.55. The van der Waals surface area contributed by atoms with Gasteiger partial charge in [-0.2, -0.15) is 0 Å². The Hall–Kier alpha value is -0.290. The van der Waals surface area contributed by atoms with Gasteiger partial charge in [-0.25, -0.2) is 4.79 Å². The summed E-state index contributed by atoms with van der Waals surface area (Å²) in [6, 6.07) is 0. The molecule has 0 bridgehead atoms. The Bertz CT molecular complexity index is 256. The van der Waals surface area contributed by atoms with Gasteiger partial charge >= 0.3 is 6.09 Å². The van der Waals surface area contributed by atoms with Crippen LogP contribution in [0.4, 0.5) is 4.79 Å². The van der Waals surface area contributed by atoms with Gasteiger partial charge in [0, 0.05) is 37.6 Å². The molecule has 0 spiro atoms. The van der Waals surface area contributed by atoms with Crippen LogP contribution in [-0.4, -0.2) is 59.0 Å². The SMILES string of the molecule is C[C@@H](Br)CN1CCN(C(=O)OC(C)(C)C)CC1. The number of alkyl halides is 1. The minimum absolute atomic E-state index is 0.191. The normalized spacial score (nSPS) is 20.2. The molecule has 1 amide bonds. The fraction of sp³-hybridized carbons (Fsp3) is 0.917. The minimum atomic E-state index is -0.404. The monoisotopic (exact) mass is 306 g/mol. The number of carbonyl (C=O) groups excluding carboxylic acids is 1. The highest BCUT2D eigenvalue weighted by molar-refractivity contribution is 9.09. The summed E-state index contributed by atoms with van der Waals surface area (Å²) in [5, 5.41) is 0. The molecule has 0 N–H and O–H groups in total. The second-order valence-corrected chi connectivity index (χ2v) is 7.11. The summed E-state index contributed by atoms with van der Waals surface area (Å²) in [6.07, 6.45) is -0.191. The van der Waals surface area contributed by atoms with Crippen molar-refractivity contribution in [2.45, 2.75) is 38.1 Å². The summed E-state index contributed by atoms with van der Waals surface area (Å²) in [5.74, 6) is 0. The number of ether oxygens (including phenoxy) is 1. The molecule has 0 aliphatic carbocycles. The van der Waals surface area contributed by atoms with Crippen molar-refractivity contribution in [3.8, 4) is 0 Å². The van der Waals surface area contributed by atoms with Crippen molar-refractivity contribution in [1.29, 1.82) is 0 Å². The summed E-state index contributed by atoms with van der Waals surface area (Å²) < 4.78 is 5.35. The van der Waals surface area contributed by atoms with Gasteiger partial charge in [0.15, 0.2) is 0 Å². The molecule has 1 saturated heterocycles. The smallest absolute Gasteiger partial charge is 0.410 e. The number of amides is 1. The van der Waals surface area contributed by atoms with Crippen LogP contribution < -0.4 is 0 Å². The van der Waals surface area contributed by atoms with Gasteiger partial charge in [-0.1, -0.05) is 22.9 Å². The average molecular weight is 307 g/mol. The number of hydrogen-bond donors (Lipinski definition) is 0. The highest BCUT2D eigenvalue weighted by Gasteiger charge is 2.25. The van der Waals surface area contributed by atoms with Crippen LogP contribution in [0.25, 0.3) is 0 Å². The molecule has 4 nitrogen and oxygen atoms in total. The lowest BCUT2D eigenvalue weighted by molar-refractivity contribution is 0.0147. The lowest BCUT2D eigenvalue weighted by atomic mass is 10.2. The van der Waals surface area contributed by atoms with E-state index in [0.717, 1.165) is 32.7 Å². The van der Waals surface area contributed by atoms with E-state index in [1.54, 1.807) is 4.90 Å². The summed E-state index contributed by atoms with van der Waals surface area (Å²) >= 11 is 3.55. The molecule has 0 aromatic heterocycles. The molecule has 0 aromatic rings. The van der Waals surface area contributed by atoms with E-state index in [9.17, 15) is 4.79 Å². The zero-order valence-electron chi connectivity index (χ0n) is 11.2. The van der Waals surface area contributed by atoms with Crippen molar-refractivity contribution >= 4 is 22.0 Å². The fourth-order valence-corrected chi connectivity index (χ4v) is 2.20. The van der Waals surface area contributed by atoms with Crippen molar-refractivity contribution in [3.05, 3.63) is 0 Å². The lowest BCUT2D eigenvalue weighted by Gasteiger charge is -2.36. The molecule has 1 heterocycles. The van der Waals surface area contributed by atoms with Crippen LogP contribution in [-0.2, 0) is 4.74 Å². The van der Waals surface area contributed by atoms with Crippen molar-refractivity contribution in [1.82, 2.24) is 9.80 Å². The predicted octanol–water partition coefficient (Wildman–Crippen LogP) is 2.32. The van der Waals surface area contributed by atoms with E-state index in [1.165, 1.54) is 0 Å². The first-order chi connectivity index (χ1) is 7.78. The van der Waals surface area contributed by atoms with Crippen molar-refractivity contribution in [2.75, 3.05) is 32.7 Å². The van der Waals surface area contributed by atoms with Crippen LogP contribution >= 0.6 is 15.9 Å². The molecule has 1 aliphatic heterocycles. The topological polar surface area (TPSA) is 32.8 Å². The molecule has 1 atom stereocenters. The average Bonchev–Trinajstić information content (AvgIpc) is 2.15. The standard InChI is InChI=1S/C12H23BrN2O2/c1-10(13)9-14-5-7-15(8-6-14)11(16)17-12(2,3)4/h10H,5-9H2,1-4H3/t10-/m1/s1. The van der Waals surface area contributed by atoms with Gasteiger partial charge in [0.1, 0.15) is 5.60 Å². The molecule has 0 radical (unpaired) electrons. The summed E-state index contributed by atoms with van der Waals surface area (Å²) in [7, 11) is 0. The number of rotatable bonds is 2. The van der Waals surface area contributed by atoms with Crippen molar-refractivity contribution < 1.29 is 9.53 Å². The third-order valence-electron chi connectivity index (χ3n) is 2.53. The maximum absolute atomic E-state index is 11.8. The van der Waals surface area contributed by atoms with Crippen LogP contribution in [0, 0.1) is 0 Å². The van der Waals surface area contributed by atoms with Crippen LogP contribution in [0.5, 0.6) is 0 Å². The molecular weight excluding hydrogens is 284 g/mol. The Balaban J connectivity index is 2.34. The number of nitrogens with zero attached hydrogens (tertiary/aromatic N) is 2. The van der Waals surface area contributed by atoms with Crippen LogP contribution in [0.15, 0.2) is 0 Å². The van der Waals surface area contributed by atoms with E-state index in [0.29, 0.717) is 4.83 Å². The van der Waals surface area contributed by atoms with E-state index in [2.05, 4.69) is 27.8 Å². The van der Waals surface area contributed by atoms with Crippen LogP contribution in [0.1, 0.15) is 27.7 Å². The van der Waals surface area contributed by atoms with Crippen molar-refractivity contribution in [2.24, 2.45) is 0 Å². The Kier molecular flexibility index (Phi) is 5.25. The molecule has 100 valence electrons. The number of carbonyl (C=O) groups is 1. The summed E-state index contributed by atoms with van der Waals surface area (Å²) in [5.41, 5.74) is -0.404. The summed E-state index contributed by atoms with van der Waals surface area (Å²) in [6.45, 7) is 12.2. The first-order valence-corrected chi connectivity index (χ1v) is 7.04. The van der Waals surface area contributed by atoms with Gasteiger partial charge in [0.25, 0.3) is 0 Å². The largest absolute Gasteiger partial charge is 0.444 e. The summed E-state index contributed by atoms with van der Waals surface area (Å²) in [4.78, 5) is 16.5. The maximum atomic E-state index is 11.8. The third-order valence-corrected chi connectivity index (χ3v) is 2.82. The van der Waals surface area contributed by atoms with Gasteiger partial charge in [-0.3, -0.25) is 4.90 Å². The highest BCUT2D eigenvalue weighted by Crippen LogP contribution is 2.12. The second kappa shape index (κ2) is 6.05. The number of piperazine rings is 1. The highest BCUT2D eigenvalue weighted by atomic mass is 79.9. The van der Waals surface area contributed by atoms with Gasteiger partial charge in [-0.15, -0.1) is 0 Å². The maximum Gasteiger partial charge on any atom is 0.410 e. The first-order valence-electron chi connectivity index (χ1n) is 6.12. The number of hydrogen-bond acceptors (Lipinski definition) is 3. The minimum Gasteiger partial charge on any atom is -0.444 e. The van der Waals surface area contributed by atoms with Gasteiger partial charge < -0.3 is 9.64 Å². The van der Waals surface area contributed by atoms with E-state index < -0.39 is 5.60 Å².